The van der Waals surface area contributed by atoms with Gasteiger partial charge in [-0.15, -0.1) is 0 Å². The van der Waals surface area contributed by atoms with E-state index in [1.165, 1.54) is 0 Å². The number of halogens is 1. The molecule has 0 radical (unpaired) electrons. The highest BCUT2D eigenvalue weighted by Crippen LogP contribution is 2.28. The summed E-state index contributed by atoms with van der Waals surface area (Å²) in [5, 5.41) is 12.7. The molecular formula is C12H15ClN4. The molecule has 17 heavy (non-hydrogen) atoms. The van der Waals surface area contributed by atoms with Crippen LogP contribution in [0.15, 0.2) is 12.3 Å². The summed E-state index contributed by atoms with van der Waals surface area (Å²) in [7, 11) is 0. The zero-order chi connectivity index (χ0) is 12.3. The summed E-state index contributed by atoms with van der Waals surface area (Å²) >= 11 is 6.22. The molecule has 0 aromatic carbocycles. The number of hydrogen-bond acceptors (Lipinski definition) is 4. The van der Waals surface area contributed by atoms with Crippen molar-refractivity contribution in [1.29, 1.82) is 5.26 Å². The van der Waals surface area contributed by atoms with Gasteiger partial charge in [-0.3, -0.25) is 0 Å². The summed E-state index contributed by atoms with van der Waals surface area (Å²) in [6, 6.07) is 4.18. The van der Waals surface area contributed by atoms with E-state index in [0.717, 1.165) is 31.9 Å². The minimum absolute atomic E-state index is 0.439. The number of nitriles is 1. The van der Waals surface area contributed by atoms with Crippen LogP contribution in [0.5, 0.6) is 0 Å². The average Bonchev–Trinajstić information content (AvgIpc) is 2.26. The second-order valence-corrected chi connectivity index (χ2v) is 4.49. The number of nitrogens with zero attached hydrogens (tertiary/aromatic N) is 3. The molecule has 1 aromatic rings. The van der Waals surface area contributed by atoms with Crippen LogP contribution in [-0.2, 0) is 0 Å². The van der Waals surface area contributed by atoms with Crippen LogP contribution < -0.4 is 10.2 Å². The molecule has 2 heterocycles. The van der Waals surface area contributed by atoms with E-state index in [1.807, 2.05) is 0 Å². The van der Waals surface area contributed by atoms with Crippen molar-refractivity contribution in [3.05, 3.63) is 22.8 Å². The van der Waals surface area contributed by atoms with Crippen molar-refractivity contribution < 1.29 is 0 Å². The molecule has 1 saturated heterocycles. The van der Waals surface area contributed by atoms with Crippen LogP contribution in [0.4, 0.5) is 5.82 Å². The molecule has 0 amide bonds. The van der Waals surface area contributed by atoms with E-state index in [4.69, 9.17) is 16.9 Å². The Labute approximate surface area is 106 Å². The third-order valence-electron chi connectivity index (χ3n) is 2.93. The van der Waals surface area contributed by atoms with Gasteiger partial charge in [-0.25, -0.2) is 4.98 Å². The highest BCUT2D eigenvalue weighted by atomic mass is 35.5. The first kappa shape index (κ1) is 12.2. The first-order valence-corrected chi connectivity index (χ1v) is 6.17. The maximum absolute atomic E-state index is 8.97. The van der Waals surface area contributed by atoms with Crippen molar-refractivity contribution in [3.8, 4) is 6.07 Å². The summed E-state index contributed by atoms with van der Waals surface area (Å²) in [4.78, 5) is 6.52. The third-order valence-corrected chi connectivity index (χ3v) is 3.30. The lowest BCUT2D eigenvalue weighted by atomic mass is 10.1. The molecule has 1 fully saturated rings. The van der Waals surface area contributed by atoms with E-state index in [0.29, 0.717) is 16.6 Å². The van der Waals surface area contributed by atoms with Gasteiger partial charge in [-0.2, -0.15) is 5.26 Å². The molecular weight excluding hydrogens is 236 g/mol. The quantitative estimate of drug-likeness (QED) is 0.885. The van der Waals surface area contributed by atoms with Crippen LogP contribution in [0.3, 0.4) is 0 Å². The van der Waals surface area contributed by atoms with E-state index in [9.17, 15) is 0 Å². The van der Waals surface area contributed by atoms with Gasteiger partial charge in [-0.05, 0) is 12.5 Å². The Balaban J connectivity index is 2.32. The fraction of sp³-hybridized carbons (Fsp3) is 0.500. The fourth-order valence-electron chi connectivity index (χ4n) is 1.92. The standard InChI is InChI=1S/C12H15ClN4/c1-2-5-17(10-7-15-8-10)12-11(13)9(6-14)3-4-16-12/h3-4,10,15H,2,5,7-8H2,1H3. The Kier molecular flexibility index (Phi) is 3.82. The lowest BCUT2D eigenvalue weighted by molar-refractivity contribution is 0.410. The van der Waals surface area contributed by atoms with E-state index < -0.39 is 0 Å². The number of hydrogen-bond donors (Lipinski definition) is 1. The van der Waals surface area contributed by atoms with E-state index in [1.54, 1.807) is 12.3 Å². The second kappa shape index (κ2) is 5.35. The van der Waals surface area contributed by atoms with Crippen LogP contribution in [-0.4, -0.2) is 30.7 Å². The molecule has 90 valence electrons. The largest absolute Gasteiger partial charge is 0.350 e. The van der Waals surface area contributed by atoms with Gasteiger partial charge in [0.15, 0.2) is 0 Å². The topological polar surface area (TPSA) is 52.0 Å². The fourth-order valence-corrected chi connectivity index (χ4v) is 2.18. The van der Waals surface area contributed by atoms with Crippen molar-refractivity contribution in [2.75, 3.05) is 24.5 Å². The van der Waals surface area contributed by atoms with E-state index in [-0.39, 0.29) is 0 Å². The van der Waals surface area contributed by atoms with E-state index >= 15 is 0 Å². The summed E-state index contributed by atoms with van der Waals surface area (Å²) in [5.41, 5.74) is 0.491. The first-order valence-electron chi connectivity index (χ1n) is 5.80. The molecule has 1 aliphatic heterocycles. The molecule has 0 saturated carbocycles. The zero-order valence-corrected chi connectivity index (χ0v) is 10.5. The number of rotatable bonds is 4. The maximum atomic E-state index is 8.97. The Hall–Kier alpha value is -1.31. The summed E-state index contributed by atoms with van der Waals surface area (Å²) < 4.78 is 0. The number of anilines is 1. The van der Waals surface area contributed by atoms with Crippen molar-refractivity contribution in [3.63, 3.8) is 0 Å². The predicted molar refractivity (Wildman–Crippen MR) is 68.3 cm³/mol. The molecule has 0 bridgehead atoms. The molecule has 2 rings (SSSR count). The third kappa shape index (κ3) is 2.36. The molecule has 1 aromatic heterocycles. The van der Waals surface area contributed by atoms with Crippen LogP contribution in [0, 0.1) is 11.3 Å². The number of aromatic nitrogens is 1. The molecule has 4 nitrogen and oxygen atoms in total. The Bertz CT molecular complexity index is 437. The van der Waals surface area contributed by atoms with E-state index in [2.05, 4.69) is 28.2 Å². The van der Waals surface area contributed by atoms with Gasteiger partial charge in [0.1, 0.15) is 16.9 Å². The van der Waals surface area contributed by atoms with Crippen LogP contribution in [0.2, 0.25) is 5.02 Å². The molecule has 0 aliphatic carbocycles. The lowest BCUT2D eigenvalue weighted by Gasteiger charge is -2.39. The van der Waals surface area contributed by atoms with Gasteiger partial charge in [-0.1, -0.05) is 18.5 Å². The number of nitrogens with one attached hydrogen (secondary N) is 1. The van der Waals surface area contributed by atoms with Gasteiger partial charge < -0.3 is 10.2 Å². The van der Waals surface area contributed by atoms with Gasteiger partial charge >= 0.3 is 0 Å². The highest BCUT2D eigenvalue weighted by Gasteiger charge is 2.27. The first-order chi connectivity index (χ1) is 8.27. The molecule has 0 unspecified atom stereocenters. The summed E-state index contributed by atoms with van der Waals surface area (Å²) in [6.45, 7) is 4.94. The smallest absolute Gasteiger partial charge is 0.149 e. The minimum Gasteiger partial charge on any atom is -0.350 e. The Morgan fingerprint density at radius 3 is 2.94 bits per heavy atom. The molecule has 0 atom stereocenters. The average molecular weight is 251 g/mol. The molecule has 0 spiro atoms. The van der Waals surface area contributed by atoms with Crippen LogP contribution in [0.1, 0.15) is 18.9 Å². The van der Waals surface area contributed by atoms with Crippen molar-refractivity contribution >= 4 is 17.4 Å². The van der Waals surface area contributed by atoms with Gasteiger partial charge in [0, 0.05) is 25.8 Å². The normalized spacial score (nSPS) is 15.1. The zero-order valence-electron chi connectivity index (χ0n) is 9.78. The van der Waals surface area contributed by atoms with Crippen molar-refractivity contribution in [1.82, 2.24) is 10.3 Å². The van der Waals surface area contributed by atoms with Gasteiger partial charge in [0.05, 0.1) is 11.6 Å². The summed E-state index contributed by atoms with van der Waals surface area (Å²) in [6.07, 6.45) is 2.68. The Morgan fingerprint density at radius 2 is 2.41 bits per heavy atom. The lowest BCUT2D eigenvalue weighted by Crippen LogP contribution is -2.58. The van der Waals surface area contributed by atoms with Crippen LogP contribution >= 0.6 is 11.6 Å². The Morgan fingerprint density at radius 1 is 1.65 bits per heavy atom. The molecule has 1 N–H and O–H groups in total. The molecule has 5 heteroatoms. The number of pyridine rings is 1. The second-order valence-electron chi connectivity index (χ2n) is 4.11. The summed E-state index contributed by atoms with van der Waals surface area (Å²) in [5.74, 6) is 0.735. The van der Waals surface area contributed by atoms with Crippen LogP contribution in [0.25, 0.3) is 0 Å². The van der Waals surface area contributed by atoms with Crippen molar-refractivity contribution in [2.24, 2.45) is 0 Å². The highest BCUT2D eigenvalue weighted by molar-refractivity contribution is 6.34. The van der Waals surface area contributed by atoms with Gasteiger partial charge in [0.2, 0.25) is 0 Å². The monoisotopic (exact) mass is 250 g/mol. The van der Waals surface area contributed by atoms with Crippen molar-refractivity contribution in [2.45, 2.75) is 19.4 Å². The SMILES string of the molecule is CCCN(c1nccc(C#N)c1Cl)C1CNC1. The minimum atomic E-state index is 0.439. The van der Waals surface area contributed by atoms with Gasteiger partial charge in [0.25, 0.3) is 0 Å². The predicted octanol–water partition coefficient (Wildman–Crippen LogP) is 1.79. The maximum Gasteiger partial charge on any atom is 0.149 e. The molecule has 1 aliphatic rings.